The van der Waals surface area contributed by atoms with Crippen molar-refractivity contribution in [2.24, 2.45) is 0 Å². The Labute approximate surface area is 250 Å². The maximum Gasteiger partial charge on any atom is 0.290 e. The molecule has 1 aliphatic rings. The molecule has 0 spiro atoms. The van der Waals surface area contributed by atoms with E-state index in [1.807, 2.05) is 0 Å². The first-order valence-electron chi connectivity index (χ1n) is 13.4. The molecule has 1 amide bonds. The van der Waals surface area contributed by atoms with Crippen LogP contribution in [0.5, 0.6) is 0 Å². The molecule has 0 bridgehead atoms. The standard InChI is InChI=1S/C31H26F3N3O4S2/c1-35-29(38)26-22-15-21(18-6-4-7-19(14-18)30-36-28-25(42-30)8-5-13-31(28,33)34)23(37(2)43(3,39)40)16-24(22)41-27(26)17-9-11-20(32)12-10-17/h4,6-7,9-12,14-16H,5,8,13H2,1-3H3,(H,35,38). The van der Waals surface area contributed by atoms with Gasteiger partial charge < -0.3 is 9.73 Å². The molecule has 0 saturated heterocycles. The second kappa shape index (κ2) is 10.5. The number of thiazole rings is 1. The average Bonchev–Trinajstić information content (AvgIpc) is 3.58. The van der Waals surface area contributed by atoms with E-state index in [9.17, 15) is 26.4 Å². The van der Waals surface area contributed by atoms with E-state index in [2.05, 4.69) is 10.3 Å². The topological polar surface area (TPSA) is 92.5 Å². The van der Waals surface area contributed by atoms with Crippen molar-refractivity contribution in [3.8, 4) is 33.0 Å². The molecule has 0 unspecified atom stereocenters. The Kier molecular flexibility index (Phi) is 7.09. The maximum atomic E-state index is 14.6. The molecule has 3 aromatic carbocycles. The summed E-state index contributed by atoms with van der Waals surface area (Å²) in [6.45, 7) is 0. The second-order valence-electron chi connectivity index (χ2n) is 10.4. The van der Waals surface area contributed by atoms with Gasteiger partial charge in [0, 0.05) is 53.5 Å². The van der Waals surface area contributed by atoms with Crippen LogP contribution in [0.2, 0.25) is 0 Å². The SMILES string of the molecule is CNC(=O)c1c(-c2ccc(F)cc2)oc2cc(N(C)S(C)(=O)=O)c(-c3cccc(-c4nc5c(s4)CCCC5(F)F)c3)cc12. The zero-order chi connectivity index (χ0) is 30.7. The molecule has 0 atom stereocenters. The van der Waals surface area contributed by atoms with E-state index in [1.165, 1.54) is 49.7 Å². The number of alkyl halides is 2. The molecule has 43 heavy (non-hydrogen) atoms. The average molecular weight is 626 g/mol. The summed E-state index contributed by atoms with van der Waals surface area (Å²) in [6.07, 6.45) is 1.77. The zero-order valence-corrected chi connectivity index (χ0v) is 25.0. The summed E-state index contributed by atoms with van der Waals surface area (Å²) in [6, 6.07) is 15.8. The van der Waals surface area contributed by atoms with Gasteiger partial charge in [0.25, 0.3) is 11.8 Å². The number of aryl methyl sites for hydroxylation is 1. The highest BCUT2D eigenvalue weighted by molar-refractivity contribution is 7.92. The van der Waals surface area contributed by atoms with E-state index in [-0.39, 0.29) is 34.7 Å². The van der Waals surface area contributed by atoms with Crippen LogP contribution in [0.1, 0.15) is 33.8 Å². The zero-order valence-electron chi connectivity index (χ0n) is 23.4. The Morgan fingerprint density at radius 2 is 1.79 bits per heavy atom. The van der Waals surface area contributed by atoms with Gasteiger partial charge in [0.2, 0.25) is 10.0 Å². The molecule has 12 heteroatoms. The monoisotopic (exact) mass is 625 g/mol. The molecule has 0 fully saturated rings. The Hall–Kier alpha value is -4.16. The minimum Gasteiger partial charge on any atom is -0.455 e. The molecular weight excluding hydrogens is 599 g/mol. The van der Waals surface area contributed by atoms with E-state index < -0.39 is 27.7 Å². The van der Waals surface area contributed by atoms with E-state index in [0.29, 0.717) is 50.4 Å². The van der Waals surface area contributed by atoms with Crippen LogP contribution in [0, 0.1) is 5.82 Å². The summed E-state index contributed by atoms with van der Waals surface area (Å²) >= 11 is 1.23. The Bertz CT molecular complexity index is 2000. The van der Waals surface area contributed by atoms with Crippen LogP contribution in [0.3, 0.4) is 0 Å². The predicted octanol–water partition coefficient (Wildman–Crippen LogP) is 7.21. The number of nitrogens with zero attached hydrogens (tertiary/aromatic N) is 2. The van der Waals surface area contributed by atoms with Crippen molar-refractivity contribution in [2.75, 3.05) is 24.7 Å². The molecule has 7 nitrogen and oxygen atoms in total. The van der Waals surface area contributed by atoms with E-state index in [4.69, 9.17) is 4.42 Å². The van der Waals surface area contributed by atoms with Crippen LogP contribution in [-0.2, 0) is 22.4 Å². The highest BCUT2D eigenvalue weighted by atomic mass is 32.2. The number of sulfonamides is 1. The van der Waals surface area contributed by atoms with Crippen LogP contribution in [-0.4, -0.2) is 39.7 Å². The Morgan fingerprint density at radius 1 is 1.07 bits per heavy atom. The number of rotatable bonds is 6. The summed E-state index contributed by atoms with van der Waals surface area (Å²) in [5.41, 5.74) is 2.66. The fourth-order valence-corrected chi connectivity index (χ4v) is 6.96. The summed E-state index contributed by atoms with van der Waals surface area (Å²) in [5.74, 6) is -3.68. The Balaban J connectivity index is 1.58. The second-order valence-corrected chi connectivity index (χ2v) is 13.5. The maximum absolute atomic E-state index is 14.6. The summed E-state index contributed by atoms with van der Waals surface area (Å²) in [7, 11) is -0.854. The normalized spacial score (nSPS) is 14.5. The van der Waals surface area contributed by atoms with Gasteiger partial charge >= 0.3 is 0 Å². The summed E-state index contributed by atoms with van der Waals surface area (Å²) in [4.78, 5) is 18.0. The number of benzene rings is 3. The molecule has 0 aliphatic heterocycles. The van der Waals surface area contributed by atoms with Crippen molar-refractivity contribution in [2.45, 2.75) is 25.2 Å². The number of nitrogens with one attached hydrogen (secondary N) is 1. The smallest absolute Gasteiger partial charge is 0.290 e. The fourth-order valence-electron chi connectivity index (χ4n) is 5.30. The largest absolute Gasteiger partial charge is 0.455 e. The van der Waals surface area contributed by atoms with Crippen molar-refractivity contribution in [3.05, 3.63) is 82.6 Å². The van der Waals surface area contributed by atoms with Gasteiger partial charge in [-0.3, -0.25) is 9.10 Å². The molecule has 6 rings (SSSR count). The number of hydrogen-bond acceptors (Lipinski definition) is 6. The van der Waals surface area contributed by atoms with Gasteiger partial charge in [-0.25, -0.2) is 17.8 Å². The lowest BCUT2D eigenvalue weighted by atomic mass is 9.97. The lowest BCUT2D eigenvalue weighted by Gasteiger charge is -2.21. The first kappa shape index (κ1) is 28.9. The summed E-state index contributed by atoms with van der Waals surface area (Å²) < 4.78 is 75.5. The number of halogens is 3. The molecule has 2 aromatic heterocycles. The van der Waals surface area contributed by atoms with Crippen LogP contribution in [0.25, 0.3) is 44.0 Å². The minimum atomic E-state index is -3.74. The summed E-state index contributed by atoms with van der Waals surface area (Å²) in [5, 5.41) is 3.47. The Morgan fingerprint density at radius 3 is 2.47 bits per heavy atom. The molecule has 1 aliphatic carbocycles. The number of hydrogen-bond donors (Lipinski definition) is 1. The number of anilines is 1. The first-order valence-corrected chi connectivity index (χ1v) is 16.0. The van der Waals surface area contributed by atoms with Gasteiger partial charge in [0.05, 0.1) is 17.5 Å². The molecule has 0 saturated carbocycles. The van der Waals surface area contributed by atoms with Crippen molar-refractivity contribution < 1.29 is 30.8 Å². The molecule has 2 heterocycles. The van der Waals surface area contributed by atoms with Gasteiger partial charge in [0.15, 0.2) is 0 Å². The highest BCUT2D eigenvalue weighted by Crippen LogP contribution is 2.45. The lowest BCUT2D eigenvalue weighted by molar-refractivity contribution is -0.0251. The van der Waals surface area contributed by atoms with Crippen molar-refractivity contribution in [3.63, 3.8) is 0 Å². The van der Waals surface area contributed by atoms with E-state index in [1.54, 1.807) is 36.4 Å². The minimum absolute atomic E-state index is 0.176. The number of aromatic nitrogens is 1. The number of fused-ring (bicyclic) bond motifs is 2. The van der Waals surface area contributed by atoms with Gasteiger partial charge in [0.1, 0.15) is 27.9 Å². The third-order valence-electron chi connectivity index (χ3n) is 7.56. The predicted molar refractivity (Wildman–Crippen MR) is 162 cm³/mol. The van der Waals surface area contributed by atoms with Gasteiger partial charge in [-0.2, -0.15) is 8.78 Å². The van der Waals surface area contributed by atoms with E-state index in [0.717, 1.165) is 10.6 Å². The number of furan rings is 1. The van der Waals surface area contributed by atoms with Crippen LogP contribution < -0.4 is 9.62 Å². The van der Waals surface area contributed by atoms with Crippen LogP contribution in [0.4, 0.5) is 18.9 Å². The van der Waals surface area contributed by atoms with Crippen molar-refractivity contribution in [1.82, 2.24) is 10.3 Å². The van der Waals surface area contributed by atoms with Crippen molar-refractivity contribution >= 4 is 43.9 Å². The molecular formula is C31H26F3N3O4S2. The molecule has 5 aromatic rings. The number of carbonyl (C=O) groups excluding carboxylic acids is 1. The van der Waals surface area contributed by atoms with Gasteiger partial charge in [-0.1, -0.05) is 18.2 Å². The van der Waals surface area contributed by atoms with Crippen LogP contribution >= 0.6 is 11.3 Å². The third kappa shape index (κ3) is 5.18. The molecule has 0 radical (unpaired) electrons. The van der Waals surface area contributed by atoms with Gasteiger partial charge in [-0.15, -0.1) is 11.3 Å². The third-order valence-corrected chi connectivity index (χ3v) is 9.92. The van der Waals surface area contributed by atoms with Gasteiger partial charge in [-0.05, 0) is 54.8 Å². The first-order chi connectivity index (χ1) is 20.4. The number of amides is 1. The fraction of sp³-hybridized carbons (Fsp3) is 0.226. The quantitative estimate of drug-likeness (QED) is 0.215. The van der Waals surface area contributed by atoms with E-state index >= 15 is 0 Å². The molecule has 222 valence electrons. The highest BCUT2D eigenvalue weighted by Gasteiger charge is 2.40. The molecule has 1 N–H and O–H groups in total. The van der Waals surface area contributed by atoms with Crippen LogP contribution in [0.15, 0.2) is 65.1 Å². The lowest BCUT2D eigenvalue weighted by Crippen LogP contribution is -2.25. The van der Waals surface area contributed by atoms with Crippen molar-refractivity contribution in [1.29, 1.82) is 0 Å². The number of carbonyl (C=O) groups is 1.